The number of para-hydroxylation sites is 1. The number of halogens is 1. The Kier molecular flexibility index (Phi) is 5.20. The zero-order valence-corrected chi connectivity index (χ0v) is 16.2. The van der Waals surface area contributed by atoms with Gasteiger partial charge in [0.15, 0.2) is 0 Å². The Hall–Kier alpha value is -2.84. The van der Waals surface area contributed by atoms with E-state index in [1.54, 1.807) is 43.6 Å². The van der Waals surface area contributed by atoms with Crippen molar-refractivity contribution in [2.75, 3.05) is 16.7 Å². The number of hydrogen-bond donors (Lipinski definition) is 1. The number of amides is 1. The van der Waals surface area contributed by atoms with Gasteiger partial charge in [-0.15, -0.1) is 0 Å². The number of aryl methyl sites for hydroxylation is 1. The molecule has 27 heavy (non-hydrogen) atoms. The molecule has 0 fully saturated rings. The van der Waals surface area contributed by atoms with Gasteiger partial charge in [-0.2, -0.15) is 5.10 Å². The van der Waals surface area contributed by atoms with Crippen LogP contribution >= 0.6 is 11.6 Å². The summed E-state index contributed by atoms with van der Waals surface area (Å²) in [5.74, 6) is -0.521. The van der Waals surface area contributed by atoms with Crippen molar-refractivity contribution in [3.05, 3.63) is 71.5 Å². The normalized spacial score (nSPS) is 11.2. The van der Waals surface area contributed by atoms with Crippen LogP contribution in [0.4, 0.5) is 11.4 Å². The number of carbonyl (C=O) groups excluding carboxylic acids is 1. The van der Waals surface area contributed by atoms with Crippen LogP contribution in [0.1, 0.15) is 10.4 Å². The standard InChI is InChI=1S/C18H17ClN4O3S/c1-22-12-13(11-20-22)21-18(24)16-10-15(8-9-17(16)19)27(25,26)23(2)14-6-4-3-5-7-14/h3-12H,1-2H3,(H,21,24). The summed E-state index contributed by atoms with van der Waals surface area (Å²) in [5, 5.41) is 6.76. The van der Waals surface area contributed by atoms with Gasteiger partial charge in [-0.25, -0.2) is 8.42 Å². The minimum Gasteiger partial charge on any atom is -0.319 e. The summed E-state index contributed by atoms with van der Waals surface area (Å²) >= 11 is 6.12. The molecule has 0 bridgehead atoms. The van der Waals surface area contributed by atoms with Crippen molar-refractivity contribution < 1.29 is 13.2 Å². The molecule has 140 valence electrons. The topological polar surface area (TPSA) is 84.3 Å². The molecule has 1 aromatic heterocycles. The van der Waals surface area contributed by atoms with Crippen molar-refractivity contribution in [3.8, 4) is 0 Å². The highest BCUT2D eigenvalue weighted by atomic mass is 35.5. The van der Waals surface area contributed by atoms with Crippen LogP contribution in [-0.2, 0) is 17.1 Å². The van der Waals surface area contributed by atoms with Crippen LogP contribution < -0.4 is 9.62 Å². The minimum absolute atomic E-state index is 0.0328. The monoisotopic (exact) mass is 404 g/mol. The Morgan fingerprint density at radius 1 is 1.19 bits per heavy atom. The summed E-state index contributed by atoms with van der Waals surface area (Å²) in [7, 11) is -0.685. The van der Waals surface area contributed by atoms with E-state index in [-0.39, 0.29) is 15.5 Å². The third kappa shape index (κ3) is 3.96. The fourth-order valence-electron chi connectivity index (χ4n) is 2.46. The van der Waals surface area contributed by atoms with Gasteiger partial charge in [0.2, 0.25) is 0 Å². The molecule has 0 spiro atoms. The van der Waals surface area contributed by atoms with Crippen molar-refractivity contribution in [2.24, 2.45) is 7.05 Å². The maximum absolute atomic E-state index is 12.9. The predicted octanol–water partition coefficient (Wildman–Crippen LogP) is 3.15. The number of anilines is 2. The molecule has 2 aromatic carbocycles. The predicted molar refractivity (Wildman–Crippen MR) is 105 cm³/mol. The third-order valence-electron chi connectivity index (χ3n) is 3.92. The molecule has 9 heteroatoms. The number of carbonyl (C=O) groups is 1. The van der Waals surface area contributed by atoms with Crippen molar-refractivity contribution in [3.63, 3.8) is 0 Å². The van der Waals surface area contributed by atoms with E-state index in [1.165, 1.54) is 36.1 Å². The molecule has 0 unspecified atom stereocenters. The molecule has 1 N–H and O–H groups in total. The summed E-state index contributed by atoms with van der Waals surface area (Å²) in [5.41, 5.74) is 1.05. The van der Waals surface area contributed by atoms with Crippen molar-refractivity contribution in [2.45, 2.75) is 4.90 Å². The van der Waals surface area contributed by atoms with Crippen LogP contribution in [0.2, 0.25) is 5.02 Å². The number of aromatic nitrogens is 2. The molecule has 0 radical (unpaired) electrons. The fraction of sp³-hybridized carbons (Fsp3) is 0.111. The number of hydrogen-bond acceptors (Lipinski definition) is 4. The molecule has 1 amide bonds. The largest absolute Gasteiger partial charge is 0.319 e. The van der Waals surface area contributed by atoms with Crippen molar-refractivity contribution in [1.29, 1.82) is 0 Å². The van der Waals surface area contributed by atoms with E-state index in [1.807, 2.05) is 0 Å². The Morgan fingerprint density at radius 3 is 2.52 bits per heavy atom. The van der Waals surface area contributed by atoms with Crippen molar-refractivity contribution in [1.82, 2.24) is 9.78 Å². The summed E-state index contributed by atoms with van der Waals surface area (Å²) in [6.07, 6.45) is 3.10. The highest BCUT2D eigenvalue weighted by Gasteiger charge is 2.23. The summed E-state index contributed by atoms with van der Waals surface area (Å²) in [4.78, 5) is 12.5. The number of benzene rings is 2. The van der Waals surface area contributed by atoms with Gasteiger partial charge in [-0.3, -0.25) is 13.8 Å². The molecule has 0 aliphatic carbocycles. The molecular formula is C18H17ClN4O3S. The van der Waals surface area contributed by atoms with Gasteiger partial charge in [-0.05, 0) is 30.3 Å². The van der Waals surface area contributed by atoms with E-state index < -0.39 is 15.9 Å². The van der Waals surface area contributed by atoms with Gasteiger partial charge >= 0.3 is 0 Å². The fourth-order valence-corrected chi connectivity index (χ4v) is 3.88. The maximum Gasteiger partial charge on any atom is 0.264 e. The van der Waals surface area contributed by atoms with E-state index in [0.717, 1.165) is 4.31 Å². The first-order valence-corrected chi connectivity index (χ1v) is 9.74. The lowest BCUT2D eigenvalue weighted by Crippen LogP contribution is -2.27. The SMILES string of the molecule is CN(c1ccccc1)S(=O)(=O)c1ccc(Cl)c(C(=O)Nc2cnn(C)c2)c1. The Bertz CT molecular complexity index is 1080. The zero-order chi connectivity index (χ0) is 19.6. The minimum atomic E-state index is -3.86. The molecule has 1 heterocycles. The van der Waals surface area contributed by atoms with Crippen LogP contribution in [-0.4, -0.2) is 31.2 Å². The number of sulfonamides is 1. The first-order chi connectivity index (χ1) is 12.8. The van der Waals surface area contributed by atoms with Crippen LogP contribution in [0.5, 0.6) is 0 Å². The highest BCUT2D eigenvalue weighted by molar-refractivity contribution is 7.92. The highest BCUT2D eigenvalue weighted by Crippen LogP contribution is 2.26. The van der Waals surface area contributed by atoms with Crippen LogP contribution in [0.3, 0.4) is 0 Å². The average Bonchev–Trinajstić information content (AvgIpc) is 3.06. The molecule has 3 aromatic rings. The van der Waals surface area contributed by atoms with E-state index in [0.29, 0.717) is 11.4 Å². The van der Waals surface area contributed by atoms with Gasteiger partial charge < -0.3 is 5.32 Å². The van der Waals surface area contributed by atoms with Gasteiger partial charge in [0.25, 0.3) is 15.9 Å². The molecule has 0 saturated carbocycles. The lowest BCUT2D eigenvalue weighted by Gasteiger charge is -2.20. The van der Waals surface area contributed by atoms with Gasteiger partial charge in [-0.1, -0.05) is 29.8 Å². The molecule has 0 saturated heterocycles. The zero-order valence-electron chi connectivity index (χ0n) is 14.6. The molecule has 0 aliphatic heterocycles. The quantitative estimate of drug-likeness (QED) is 0.707. The first-order valence-electron chi connectivity index (χ1n) is 7.92. The third-order valence-corrected chi connectivity index (χ3v) is 6.03. The molecule has 7 nitrogen and oxygen atoms in total. The van der Waals surface area contributed by atoms with E-state index in [4.69, 9.17) is 11.6 Å². The summed E-state index contributed by atoms with van der Waals surface area (Å²) in [6, 6.07) is 12.7. The van der Waals surface area contributed by atoms with Crippen molar-refractivity contribution >= 4 is 38.9 Å². The van der Waals surface area contributed by atoms with Crippen LogP contribution in [0.15, 0.2) is 65.8 Å². The maximum atomic E-state index is 12.9. The van der Waals surface area contributed by atoms with E-state index in [2.05, 4.69) is 10.4 Å². The second-order valence-corrected chi connectivity index (χ2v) is 8.18. The van der Waals surface area contributed by atoms with Crippen LogP contribution in [0.25, 0.3) is 0 Å². The molecular weight excluding hydrogens is 388 g/mol. The first kappa shape index (κ1) is 18.9. The second kappa shape index (κ2) is 7.42. The molecule has 0 aliphatic rings. The summed E-state index contributed by atoms with van der Waals surface area (Å²) in [6.45, 7) is 0. The van der Waals surface area contributed by atoms with E-state index >= 15 is 0 Å². The Morgan fingerprint density at radius 2 is 1.89 bits per heavy atom. The lowest BCUT2D eigenvalue weighted by atomic mass is 10.2. The Balaban J connectivity index is 1.93. The van der Waals surface area contributed by atoms with Gasteiger partial charge in [0, 0.05) is 20.3 Å². The van der Waals surface area contributed by atoms with Gasteiger partial charge in [0.05, 0.1) is 33.1 Å². The number of nitrogens with zero attached hydrogens (tertiary/aromatic N) is 3. The smallest absolute Gasteiger partial charge is 0.264 e. The Labute approximate surface area is 162 Å². The number of nitrogens with one attached hydrogen (secondary N) is 1. The lowest BCUT2D eigenvalue weighted by molar-refractivity contribution is 0.102. The summed E-state index contributed by atoms with van der Waals surface area (Å²) < 4.78 is 28.5. The second-order valence-electron chi connectivity index (χ2n) is 5.81. The van der Waals surface area contributed by atoms with Gasteiger partial charge in [0.1, 0.15) is 0 Å². The molecule has 0 atom stereocenters. The average molecular weight is 405 g/mol. The molecule has 3 rings (SSSR count). The van der Waals surface area contributed by atoms with Crippen LogP contribution in [0, 0.1) is 0 Å². The van der Waals surface area contributed by atoms with E-state index in [9.17, 15) is 13.2 Å². The number of rotatable bonds is 5.